The van der Waals surface area contributed by atoms with Gasteiger partial charge in [-0.3, -0.25) is 0 Å². The third-order valence-corrected chi connectivity index (χ3v) is 3.15. The normalized spacial score (nSPS) is 28.4. The average molecular weight is 239 g/mol. The maximum absolute atomic E-state index is 13.8. The lowest BCUT2D eigenvalue weighted by Crippen LogP contribution is -2.32. The van der Waals surface area contributed by atoms with Crippen molar-refractivity contribution in [3.05, 3.63) is 58.9 Å². The maximum atomic E-state index is 13.8. The molecule has 2 unspecified atom stereocenters. The van der Waals surface area contributed by atoms with Crippen molar-refractivity contribution < 1.29 is 9.50 Å². The zero-order valence-corrected chi connectivity index (χ0v) is 9.58. The molecule has 1 aromatic rings. The van der Waals surface area contributed by atoms with Crippen LogP contribution in [-0.4, -0.2) is 5.11 Å². The standard InChI is InChI=1S/C13H12ClFO/c1-9-4-2-3-7-13(9,16)11-6-5-10(14)8-12(11)15/h2-9,16H,1H3. The van der Waals surface area contributed by atoms with E-state index in [-0.39, 0.29) is 11.5 Å². The highest BCUT2D eigenvalue weighted by Gasteiger charge is 2.35. The quantitative estimate of drug-likeness (QED) is 0.795. The zero-order valence-electron chi connectivity index (χ0n) is 8.82. The van der Waals surface area contributed by atoms with E-state index in [2.05, 4.69) is 0 Å². The lowest BCUT2D eigenvalue weighted by Gasteiger charge is -2.32. The second-order valence-electron chi connectivity index (χ2n) is 3.98. The number of allylic oxidation sites excluding steroid dienone is 2. The van der Waals surface area contributed by atoms with E-state index >= 15 is 0 Å². The Morgan fingerprint density at radius 2 is 2.12 bits per heavy atom. The Bertz CT molecular complexity index is 467. The topological polar surface area (TPSA) is 20.2 Å². The zero-order chi connectivity index (χ0) is 11.8. The Labute approximate surface area is 98.9 Å². The van der Waals surface area contributed by atoms with Crippen LogP contribution >= 0.6 is 11.6 Å². The summed E-state index contributed by atoms with van der Waals surface area (Å²) in [6.45, 7) is 1.84. The minimum atomic E-state index is -1.29. The van der Waals surface area contributed by atoms with Crippen LogP contribution in [0.4, 0.5) is 4.39 Å². The fourth-order valence-corrected chi connectivity index (χ4v) is 2.04. The molecule has 3 heteroatoms. The van der Waals surface area contributed by atoms with Gasteiger partial charge < -0.3 is 5.11 Å². The molecule has 1 nitrogen and oxygen atoms in total. The number of aliphatic hydroxyl groups is 1. The van der Waals surface area contributed by atoms with Crippen LogP contribution in [0.25, 0.3) is 0 Å². The van der Waals surface area contributed by atoms with Crippen molar-refractivity contribution in [1.29, 1.82) is 0 Å². The fraction of sp³-hybridized carbons (Fsp3) is 0.231. The number of hydrogen-bond donors (Lipinski definition) is 1. The van der Waals surface area contributed by atoms with Gasteiger partial charge in [0.2, 0.25) is 0 Å². The van der Waals surface area contributed by atoms with Crippen LogP contribution in [0.15, 0.2) is 42.5 Å². The first-order valence-corrected chi connectivity index (χ1v) is 5.46. The van der Waals surface area contributed by atoms with Crippen LogP contribution in [0, 0.1) is 11.7 Å². The van der Waals surface area contributed by atoms with Crippen molar-refractivity contribution >= 4 is 11.6 Å². The van der Waals surface area contributed by atoms with Gasteiger partial charge in [-0.05, 0) is 18.2 Å². The minimum absolute atomic E-state index is 0.173. The summed E-state index contributed by atoms with van der Waals surface area (Å²) in [7, 11) is 0. The predicted octanol–water partition coefficient (Wildman–Crippen LogP) is 3.43. The molecule has 1 N–H and O–H groups in total. The summed E-state index contributed by atoms with van der Waals surface area (Å²) < 4.78 is 13.8. The summed E-state index contributed by atoms with van der Waals surface area (Å²) in [6.07, 6.45) is 7.00. The minimum Gasteiger partial charge on any atom is -0.380 e. The Morgan fingerprint density at radius 1 is 1.38 bits per heavy atom. The summed E-state index contributed by atoms with van der Waals surface area (Å²) in [5.74, 6) is -0.657. The predicted molar refractivity (Wildman–Crippen MR) is 62.8 cm³/mol. The van der Waals surface area contributed by atoms with Gasteiger partial charge in [0.25, 0.3) is 0 Å². The molecule has 84 valence electrons. The van der Waals surface area contributed by atoms with E-state index < -0.39 is 11.4 Å². The molecule has 0 heterocycles. The molecule has 0 aromatic heterocycles. The van der Waals surface area contributed by atoms with Crippen molar-refractivity contribution in [2.24, 2.45) is 5.92 Å². The van der Waals surface area contributed by atoms with Crippen molar-refractivity contribution in [3.63, 3.8) is 0 Å². The number of rotatable bonds is 1. The van der Waals surface area contributed by atoms with E-state index in [4.69, 9.17) is 11.6 Å². The molecular formula is C13H12ClFO. The van der Waals surface area contributed by atoms with Gasteiger partial charge in [0.1, 0.15) is 11.4 Å². The van der Waals surface area contributed by atoms with Crippen molar-refractivity contribution in [1.82, 2.24) is 0 Å². The van der Waals surface area contributed by atoms with E-state index in [1.807, 2.05) is 19.1 Å². The Kier molecular flexibility index (Phi) is 2.87. The largest absolute Gasteiger partial charge is 0.380 e. The molecule has 0 radical (unpaired) electrons. The monoisotopic (exact) mass is 238 g/mol. The molecule has 1 aromatic carbocycles. The van der Waals surface area contributed by atoms with Crippen LogP contribution < -0.4 is 0 Å². The molecular weight excluding hydrogens is 227 g/mol. The molecule has 0 saturated carbocycles. The van der Waals surface area contributed by atoms with E-state index in [9.17, 15) is 9.50 Å². The van der Waals surface area contributed by atoms with E-state index in [0.29, 0.717) is 5.02 Å². The summed E-state index contributed by atoms with van der Waals surface area (Å²) in [5, 5.41) is 10.8. The van der Waals surface area contributed by atoms with Crippen LogP contribution in [0.1, 0.15) is 12.5 Å². The third kappa shape index (κ3) is 1.79. The summed E-state index contributed by atoms with van der Waals surface area (Å²) in [4.78, 5) is 0. The molecule has 2 atom stereocenters. The first-order valence-electron chi connectivity index (χ1n) is 5.08. The maximum Gasteiger partial charge on any atom is 0.131 e. The fourth-order valence-electron chi connectivity index (χ4n) is 1.88. The van der Waals surface area contributed by atoms with E-state index in [1.54, 1.807) is 18.2 Å². The lowest BCUT2D eigenvalue weighted by molar-refractivity contribution is 0.0467. The molecule has 16 heavy (non-hydrogen) atoms. The van der Waals surface area contributed by atoms with Crippen molar-refractivity contribution in [2.75, 3.05) is 0 Å². The molecule has 0 aliphatic heterocycles. The lowest BCUT2D eigenvalue weighted by atomic mass is 9.79. The average Bonchev–Trinajstić information content (AvgIpc) is 2.22. The van der Waals surface area contributed by atoms with Crippen LogP contribution in [-0.2, 0) is 5.60 Å². The van der Waals surface area contributed by atoms with Gasteiger partial charge in [0, 0.05) is 16.5 Å². The Morgan fingerprint density at radius 3 is 2.75 bits per heavy atom. The first kappa shape index (κ1) is 11.4. The van der Waals surface area contributed by atoms with Crippen LogP contribution in [0.2, 0.25) is 5.02 Å². The SMILES string of the molecule is CC1C=CC=CC1(O)c1ccc(Cl)cc1F. The molecule has 0 saturated heterocycles. The second kappa shape index (κ2) is 4.04. The van der Waals surface area contributed by atoms with Gasteiger partial charge in [-0.2, -0.15) is 0 Å². The smallest absolute Gasteiger partial charge is 0.131 e. The molecule has 1 aliphatic carbocycles. The van der Waals surface area contributed by atoms with Crippen LogP contribution in [0.5, 0.6) is 0 Å². The van der Waals surface area contributed by atoms with Gasteiger partial charge >= 0.3 is 0 Å². The van der Waals surface area contributed by atoms with E-state index in [0.717, 1.165) is 0 Å². The first-order chi connectivity index (χ1) is 7.54. The molecule has 2 rings (SSSR count). The van der Waals surface area contributed by atoms with Gasteiger partial charge in [0.15, 0.2) is 0 Å². The summed E-state index contributed by atoms with van der Waals surface area (Å²) >= 11 is 5.68. The highest BCUT2D eigenvalue weighted by molar-refractivity contribution is 6.30. The van der Waals surface area contributed by atoms with E-state index in [1.165, 1.54) is 12.1 Å². The van der Waals surface area contributed by atoms with Crippen molar-refractivity contribution in [2.45, 2.75) is 12.5 Å². The highest BCUT2D eigenvalue weighted by atomic mass is 35.5. The molecule has 0 amide bonds. The number of benzene rings is 1. The van der Waals surface area contributed by atoms with Gasteiger partial charge in [0.05, 0.1) is 0 Å². The van der Waals surface area contributed by atoms with Gasteiger partial charge in [-0.15, -0.1) is 0 Å². The molecule has 0 spiro atoms. The molecule has 0 fully saturated rings. The second-order valence-corrected chi connectivity index (χ2v) is 4.42. The summed E-state index contributed by atoms with van der Waals surface area (Å²) in [5.41, 5.74) is -1.03. The molecule has 1 aliphatic rings. The third-order valence-electron chi connectivity index (χ3n) is 2.92. The summed E-state index contributed by atoms with van der Waals surface area (Å²) in [6, 6.07) is 4.32. The van der Waals surface area contributed by atoms with Crippen molar-refractivity contribution in [3.8, 4) is 0 Å². The number of halogens is 2. The van der Waals surface area contributed by atoms with Gasteiger partial charge in [-0.1, -0.05) is 42.8 Å². The molecule has 0 bridgehead atoms. The van der Waals surface area contributed by atoms with Crippen LogP contribution in [0.3, 0.4) is 0 Å². The number of hydrogen-bond acceptors (Lipinski definition) is 1. The Balaban J connectivity index is 2.51. The highest BCUT2D eigenvalue weighted by Crippen LogP contribution is 2.36. The Hall–Kier alpha value is -1.12. The van der Waals surface area contributed by atoms with Gasteiger partial charge in [-0.25, -0.2) is 4.39 Å².